The van der Waals surface area contributed by atoms with E-state index in [4.69, 9.17) is 0 Å². The number of amides is 1. The van der Waals surface area contributed by atoms with E-state index in [1.165, 1.54) is 22.0 Å². The minimum atomic E-state index is -3.73. The molecule has 33 heavy (non-hydrogen) atoms. The molecule has 0 saturated carbocycles. The fraction of sp³-hybridized carbons (Fsp3) is 0.417. The maximum atomic E-state index is 13.0. The third-order valence-corrected chi connectivity index (χ3v) is 8.17. The lowest BCUT2D eigenvalue weighted by atomic mass is 10.2. The zero-order valence-corrected chi connectivity index (χ0v) is 19.4. The summed E-state index contributed by atoms with van der Waals surface area (Å²) in [6.07, 6.45) is 0.933. The minimum absolute atomic E-state index is 0.0207. The minimum Gasteiger partial charge on any atom is -0.351 e. The van der Waals surface area contributed by atoms with Crippen LogP contribution in [0.25, 0.3) is 0 Å². The second kappa shape index (κ2) is 10.4. The van der Waals surface area contributed by atoms with Gasteiger partial charge in [0.2, 0.25) is 15.9 Å². The fourth-order valence-corrected chi connectivity index (χ4v) is 6.03. The van der Waals surface area contributed by atoms with Crippen molar-refractivity contribution >= 4 is 15.9 Å². The van der Waals surface area contributed by atoms with Crippen molar-refractivity contribution in [3.05, 3.63) is 65.7 Å². The molecule has 9 heteroatoms. The van der Waals surface area contributed by atoms with Crippen molar-refractivity contribution < 1.29 is 13.2 Å². The molecular weight excluding hydrogens is 438 g/mol. The molecule has 2 aliphatic rings. The van der Waals surface area contributed by atoms with Gasteiger partial charge in [-0.05, 0) is 24.1 Å². The lowest BCUT2D eigenvalue weighted by Gasteiger charge is -2.33. The fourth-order valence-electron chi connectivity index (χ4n) is 4.46. The number of hydrogen-bond acceptors (Lipinski definition) is 6. The first-order valence-electron chi connectivity index (χ1n) is 11.2. The van der Waals surface area contributed by atoms with E-state index in [1.54, 1.807) is 12.1 Å². The molecule has 0 aliphatic carbocycles. The van der Waals surface area contributed by atoms with Crippen LogP contribution in [-0.4, -0.2) is 80.3 Å². The van der Waals surface area contributed by atoms with Gasteiger partial charge in [0.15, 0.2) is 0 Å². The Balaban J connectivity index is 1.23. The van der Waals surface area contributed by atoms with E-state index in [9.17, 15) is 18.5 Å². The van der Waals surface area contributed by atoms with Crippen molar-refractivity contribution in [2.75, 3.05) is 45.8 Å². The Morgan fingerprint density at radius 1 is 0.970 bits per heavy atom. The van der Waals surface area contributed by atoms with Crippen molar-refractivity contribution in [1.82, 2.24) is 19.4 Å². The number of rotatable bonds is 7. The van der Waals surface area contributed by atoms with Gasteiger partial charge in [0.05, 0.1) is 17.0 Å². The third kappa shape index (κ3) is 5.78. The van der Waals surface area contributed by atoms with Gasteiger partial charge in [-0.25, -0.2) is 8.42 Å². The second-order valence-electron chi connectivity index (χ2n) is 8.56. The van der Waals surface area contributed by atoms with Crippen LogP contribution < -0.4 is 5.32 Å². The number of carbonyl (C=O) groups is 1. The van der Waals surface area contributed by atoms with E-state index in [0.717, 1.165) is 26.1 Å². The van der Waals surface area contributed by atoms with Gasteiger partial charge in [-0.1, -0.05) is 42.5 Å². The van der Waals surface area contributed by atoms with E-state index in [1.807, 2.05) is 29.2 Å². The number of nitrogens with one attached hydrogen (secondary N) is 1. The van der Waals surface area contributed by atoms with E-state index >= 15 is 0 Å². The predicted octanol–water partition coefficient (Wildman–Crippen LogP) is 1.26. The summed E-state index contributed by atoms with van der Waals surface area (Å²) in [6, 6.07) is 18.7. The van der Waals surface area contributed by atoms with Gasteiger partial charge in [-0.2, -0.15) is 9.57 Å². The van der Waals surface area contributed by atoms with Crippen LogP contribution in [0.4, 0.5) is 0 Å². The van der Waals surface area contributed by atoms with Crippen LogP contribution in [0, 0.1) is 11.3 Å². The van der Waals surface area contributed by atoms with Gasteiger partial charge in [0.25, 0.3) is 0 Å². The molecule has 0 bridgehead atoms. The maximum Gasteiger partial charge on any atom is 0.244 e. The molecular formula is C24H29N5O3S. The first-order chi connectivity index (χ1) is 16.0. The number of likely N-dealkylation sites (tertiary alicyclic amines) is 1. The van der Waals surface area contributed by atoms with Crippen molar-refractivity contribution in [3.63, 3.8) is 0 Å². The topological polar surface area (TPSA) is 96.7 Å². The number of nitriles is 1. The van der Waals surface area contributed by atoms with Crippen LogP contribution in [0.5, 0.6) is 0 Å². The van der Waals surface area contributed by atoms with Gasteiger partial charge >= 0.3 is 0 Å². The third-order valence-electron chi connectivity index (χ3n) is 6.21. The van der Waals surface area contributed by atoms with Crippen molar-refractivity contribution in [3.8, 4) is 6.07 Å². The highest BCUT2D eigenvalue weighted by Crippen LogP contribution is 2.21. The van der Waals surface area contributed by atoms with Crippen LogP contribution >= 0.6 is 0 Å². The molecule has 2 aromatic rings. The first kappa shape index (κ1) is 23.4. The average Bonchev–Trinajstić information content (AvgIpc) is 3.26. The van der Waals surface area contributed by atoms with Gasteiger partial charge in [-0.15, -0.1) is 0 Å². The summed E-state index contributed by atoms with van der Waals surface area (Å²) >= 11 is 0. The van der Waals surface area contributed by atoms with Crippen LogP contribution in [-0.2, 0) is 21.4 Å². The predicted molar refractivity (Wildman–Crippen MR) is 125 cm³/mol. The summed E-state index contributed by atoms with van der Waals surface area (Å²) in [4.78, 5) is 16.9. The highest BCUT2D eigenvalue weighted by molar-refractivity contribution is 7.89. The standard InChI is InChI=1S/C24H29N5O3S/c25-16-21-8-4-5-9-23(21)33(31,32)29-14-12-27(13-15-29)19-24(30)26-22-10-11-28(18-22)17-20-6-2-1-3-7-20/h1-9,22H,10-15,17-19H2,(H,26,30)/t22-/m1/s1. The van der Waals surface area contributed by atoms with E-state index in [0.29, 0.717) is 26.2 Å². The molecule has 1 N–H and O–H groups in total. The largest absolute Gasteiger partial charge is 0.351 e. The monoisotopic (exact) mass is 467 g/mol. The molecule has 2 aliphatic heterocycles. The van der Waals surface area contributed by atoms with Gasteiger partial charge in [0, 0.05) is 51.9 Å². The molecule has 8 nitrogen and oxygen atoms in total. The van der Waals surface area contributed by atoms with Crippen molar-refractivity contribution in [1.29, 1.82) is 5.26 Å². The number of benzene rings is 2. The number of hydrogen-bond donors (Lipinski definition) is 1. The molecule has 4 rings (SSSR count). The van der Waals surface area contributed by atoms with Crippen LogP contribution in [0.3, 0.4) is 0 Å². The Morgan fingerprint density at radius 2 is 1.67 bits per heavy atom. The Morgan fingerprint density at radius 3 is 2.39 bits per heavy atom. The summed E-state index contributed by atoms with van der Waals surface area (Å²) in [5, 5.41) is 12.4. The number of nitrogens with zero attached hydrogens (tertiary/aromatic N) is 4. The average molecular weight is 468 g/mol. The quantitative estimate of drug-likeness (QED) is 0.659. The number of piperazine rings is 1. The molecule has 2 saturated heterocycles. The smallest absolute Gasteiger partial charge is 0.244 e. The number of sulfonamides is 1. The van der Waals surface area contributed by atoms with Crippen molar-refractivity contribution in [2.45, 2.75) is 23.9 Å². The SMILES string of the molecule is N#Cc1ccccc1S(=O)(=O)N1CCN(CC(=O)N[C@@H]2CCN(Cc3ccccc3)C2)CC1. The Hall–Kier alpha value is -2.77. The molecule has 2 aromatic carbocycles. The van der Waals surface area contributed by atoms with Crippen LogP contribution in [0.1, 0.15) is 17.5 Å². The molecule has 1 amide bonds. The molecule has 1 atom stereocenters. The summed E-state index contributed by atoms with van der Waals surface area (Å²) in [5.41, 5.74) is 1.42. The maximum absolute atomic E-state index is 13.0. The molecule has 174 valence electrons. The zero-order chi connectivity index (χ0) is 23.3. The van der Waals surface area contributed by atoms with Gasteiger partial charge < -0.3 is 5.32 Å². The van der Waals surface area contributed by atoms with Gasteiger partial charge in [-0.3, -0.25) is 14.6 Å². The van der Waals surface area contributed by atoms with Crippen LogP contribution in [0.2, 0.25) is 0 Å². The molecule has 0 spiro atoms. The molecule has 0 radical (unpaired) electrons. The summed E-state index contributed by atoms with van der Waals surface area (Å²) in [6.45, 7) is 4.49. The summed E-state index contributed by atoms with van der Waals surface area (Å²) in [5.74, 6) is -0.0207. The molecule has 0 unspecified atom stereocenters. The lowest BCUT2D eigenvalue weighted by molar-refractivity contribution is -0.123. The second-order valence-corrected chi connectivity index (χ2v) is 10.5. The molecule has 0 aromatic heterocycles. The highest BCUT2D eigenvalue weighted by Gasteiger charge is 2.31. The summed E-state index contributed by atoms with van der Waals surface area (Å²) in [7, 11) is -3.73. The first-order valence-corrected chi connectivity index (χ1v) is 12.7. The Bertz CT molecular complexity index is 1110. The Kier molecular flexibility index (Phi) is 7.40. The van der Waals surface area contributed by atoms with E-state index < -0.39 is 10.0 Å². The van der Waals surface area contributed by atoms with Crippen LogP contribution in [0.15, 0.2) is 59.5 Å². The summed E-state index contributed by atoms with van der Waals surface area (Å²) < 4.78 is 27.3. The van der Waals surface area contributed by atoms with E-state index in [2.05, 4.69) is 22.3 Å². The number of carbonyl (C=O) groups excluding carboxylic acids is 1. The highest BCUT2D eigenvalue weighted by atomic mass is 32.2. The lowest BCUT2D eigenvalue weighted by Crippen LogP contribution is -2.52. The van der Waals surface area contributed by atoms with Crippen molar-refractivity contribution in [2.24, 2.45) is 0 Å². The zero-order valence-electron chi connectivity index (χ0n) is 18.6. The van der Waals surface area contributed by atoms with Gasteiger partial charge in [0.1, 0.15) is 6.07 Å². The normalized spacial score (nSPS) is 20.4. The Labute approximate surface area is 195 Å². The van der Waals surface area contributed by atoms with E-state index in [-0.39, 0.29) is 29.0 Å². The molecule has 2 heterocycles. The molecule has 2 fully saturated rings.